The van der Waals surface area contributed by atoms with Crippen molar-refractivity contribution in [3.05, 3.63) is 18.2 Å². The van der Waals surface area contributed by atoms with Crippen molar-refractivity contribution in [1.82, 2.24) is 15.3 Å². The number of nitrogens with zero attached hydrogens (tertiary/aromatic N) is 1. The summed E-state index contributed by atoms with van der Waals surface area (Å²) in [6.07, 6.45) is 3.26. The lowest BCUT2D eigenvalue weighted by atomic mass is 9.81. The molecule has 0 aliphatic heterocycles. The second-order valence-corrected chi connectivity index (χ2v) is 5.32. The Kier molecular flexibility index (Phi) is 4.50. The SMILES string of the molecule is CC(C)C(O)C(C)(C)CNCc1ncc[nH]1. The van der Waals surface area contributed by atoms with Gasteiger partial charge in [-0.1, -0.05) is 27.7 Å². The van der Waals surface area contributed by atoms with Gasteiger partial charge in [0, 0.05) is 24.4 Å². The van der Waals surface area contributed by atoms with Crippen LogP contribution in [0.15, 0.2) is 12.4 Å². The Labute approximate surface area is 97.5 Å². The Hall–Kier alpha value is -0.870. The summed E-state index contributed by atoms with van der Waals surface area (Å²) in [5, 5.41) is 13.4. The molecule has 1 atom stereocenters. The zero-order valence-corrected chi connectivity index (χ0v) is 10.6. The highest BCUT2D eigenvalue weighted by Crippen LogP contribution is 2.25. The minimum Gasteiger partial charge on any atom is -0.392 e. The van der Waals surface area contributed by atoms with Crippen LogP contribution in [-0.4, -0.2) is 27.7 Å². The van der Waals surface area contributed by atoms with Gasteiger partial charge >= 0.3 is 0 Å². The van der Waals surface area contributed by atoms with Crippen LogP contribution in [0.5, 0.6) is 0 Å². The highest BCUT2D eigenvalue weighted by atomic mass is 16.3. The molecule has 0 fully saturated rings. The molecule has 1 heterocycles. The molecule has 1 rings (SSSR count). The molecule has 92 valence electrons. The largest absolute Gasteiger partial charge is 0.392 e. The van der Waals surface area contributed by atoms with Crippen molar-refractivity contribution in [2.45, 2.75) is 40.3 Å². The standard InChI is InChI=1S/C12H23N3O/c1-9(2)11(16)12(3,4)8-13-7-10-14-5-6-15-10/h5-6,9,11,13,16H,7-8H2,1-4H3,(H,14,15). The van der Waals surface area contributed by atoms with Gasteiger partial charge in [0.05, 0.1) is 12.6 Å². The van der Waals surface area contributed by atoms with Gasteiger partial charge < -0.3 is 15.4 Å². The quantitative estimate of drug-likeness (QED) is 0.688. The first-order valence-electron chi connectivity index (χ1n) is 5.80. The van der Waals surface area contributed by atoms with E-state index in [2.05, 4.69) is 29.1 Å². The van der Waals surface area contributed by atoms with E-state index >= 15 is 0 Å². The monoisotopic (exact) mass is 225 g/mol. The highest BCUT2D eigenvalue weighted by Gasteiger charge is 2.29. The molecule has 1 unspecified atom stereocenters. The van der Waals surface area contributed by atoms with Gasteiger partial charge in [0.2, 0.25) is 0 Å². The van der Waals surface area contributed by atoms with Crippen LogP contribution in [0.1, 0.15) is 33.5 Å². The molecule has 0 aliphatic carbocycles. The molecule has 0 bridgehead atoms. The van der Waals surface area contributed by atoms with Crippen LogP contribution in [0.2, 0.25) is 0 Å². The van der Waals surface area contributed by atoms with Gasteiger partial charge in [0.25, 0.3) is 0 Å². The van der Waals surface area contributed by atoms with Crippen molar-refractivity contribution in [2.24, 2.45) is 11.3 Å². The number of H-pyrrole nitrogens is 1. The topological polar surface area (TPSA) is 60.9 Å². The van der Waals surface area contributed by atoms with Crippen molar-refractivity contribution in [3.8, 4) is 0 Å². The normalized spacial score (nSPS) is 14.4. The molecule has 0 aliphatic rings. The maximum Gasteiger partial charge on any atom is 0.120 e. The van der Waals surface area contributed by atoms with E-state index < -0.39 is 0 Å². The maximum absolute atomic E-state index is 10.0. The summed E-state index contributed by atoms with van der Waals surface area (Å²) in [6.45, 7) is 9.71. The van der Waals surface area contributed by atoms with Crippen LogP contribution in [0.25, 0.3) is 0 Å². The lowest BCUT2D eigenvalue weighted by Gasteiger charge is -2.33. The van der Waals surface area contributed by atoms with E-state index in [1.54, 1.807) is 6.20 Å². The van der Waals surface area contributed by atoms with E-state index in [-0.39, 0.29) is 17.4 Å². The lowest BCUT2D eigenvalue weighted by Crippen LogP contribution is -2.41. The summed E-state index contributed by atoms with van der Waals surface area (Å²) >= 11 is 0. The number of hydrogen-bond donors (Lipinski definition) is 3. The Morgan fingerprint density at radius 3 is 2.69 bits per heavy atom. The van der Waals surface area contributed by atoms with Crippen LogP contribution in [-0.2, 0) is 6.54 Å². The number of nitrogens with one attached hydrogen (secondary N) is 2. The Morgan fingerprint density at radius 2 is 2.19 bits per heavy atom. The lowest BCUT2D eigenvalue weighted by molar-refractivity contribution is 0.0134. The number of aromatic amines is 1. The van der Waals surface area contributed by atoms with Crippen LogP contribution in [0.4, 0.5) is 0 Å². The van der Waals surface area contributed by atoms with Gasteiger partial charge in [-0.05, 0) is 5.92 Å². The van der Waals surface area contributed by atoms with Gasteiger partial charge in [-0.25, -0.2) is 4.98 Å². The molecule has 4 nitrogen and oxygen atoms in total. The summed E-state index contributed by atoms with van der Waals surface area (Å²) in [5.41, 5.74) is -0.124. The van der Waals surface area contributed by atoms with E-state index in [1.165, 1.54) is 0 Å². The molecular formula is C12H23N3O. The van der Waals surface area contributed by atoms with Crippen molar-refractivity contribution in [3.63, 3.8) is 0 Å². The fourth-order valence-corrected chi connectivity index (χ4v) is 1.90. The Bertz CT molecular complexity index is 293. The van der Waals surface area contributed by atoms with Gasteiger partial charge in [0.1, 0.15) is 5.82 Å². The summed E-state index contributed by atoms with van der Waals surface area (Å²) in [5.74, 6) is 1.20. The number of hydrogen-bond acceptors (Lipinski definition) is 3. The van der Waals surface area contributed by atoms with Gasteiger partial charge in [0.15, 0.2) is 0 Å². The number of aliphatic hydroxyl groups is 1. The molecule has 0 aromatic carbocycles. The van der Waals surface area contributed by atoms with E-state index in [0.717, 1.165) is 12.4 Å². The van der Waals surface area contributed by atoms with Crippen LogP contribution in [0, 0.1) is 11.3 Å². The zero-order chi connectivity index (χ0) is 12.2. The minimum atomic E-state index is -0.295. The molecule has 4 heteroatoms. The first kappa shape index (κ1) is 13.2. The maximum atomic E-state index is 10.0. The van der Waals surface area contributed by atoms with Crippen LogP contribution in [0.3, 0.4) is 0 Å². The number of aromatic nitrogens is 2. The van der Waals surface area contributed by atoms with Crippen LogP contribution < -0.4 is 5.32 Å². The molecule has 16 heavy (non-hydrogen) atoms. The van der Waals surface area contributed by atoms with E-state index in [0.29, 0.717) is 6.54 Å². The first-order valence-corrected chi connectivity index (χ1v) is 5.80. The molecule has 0 spiro atoms. The molecule has 3 N–H and O–H groups in total. The van der Waals surface area contributed by atoms with Gasteiger partial charge in [-0.2, -0.15) is 0 Å². The first-order chi connectivity index (χ1) is 7.43. The summed E-state index contributed by atoms with van der Waals surface area (Å²) in [6, 6.07) is 0. The number of aliphatic hydroxyl groups excluding tert-OH is 1. The average molecular weight is 225 g/mol. The predicted octanol–water partition coefficient (Wildman–Crippen LogP) is 1.54. The third-order valence-corrected chi connectivity index (χ3v) is 2.86. The van der Waals surface area contributed by atoms with Gasteiger partial charge in [-0.15, -0.1) is 0 Å². The second-order valence-electron chi connectivity index (χ2n) is 5.32. The smallest absolute Gasteiger partial charge is 0.120 e. The van der Waals surface area contributed by atoms with E-state index in [4.69, 9.17) is 0 Å². The Morgan fingerprint density at radius 1 is 1.50 bits per heavy atom. The third-order valence-electron chi connectivity index (χ3n) is 2.86. The summed E-state index contributed by atoms with van der Waals surface area (Å²) in [7, 11) is 0. The molecule has 0 saturated carbocycles. The van der Waals surface area contributed by atoms with Crippen molar-refractivity contribution >= 4 is 0 Å². The average Bonchev–Trinajstić information content (AvgIpc) is 2.69. The molecule has 1 aromatic heterocycles. The van der Waals surface area contributed by atoms with Crippen molar-refractivity contribution in [1.29, 1.82) is 0 Å². The highest BCUT2D eigenvalue weighted by molar-refractivity contribution is 4.88. The van der Waals surface area contributed by atoms with Crippen molar-refractivity contribution in [2.75, 3.05) is 6.54 Å². The molecule has 1 aromatic rings. The van der Waals surface area contributed by atoms with Crippen LogP contribution >= 0.6 is 0 Å². The zero-order valence-electron chi connectivity index (χ0n) is 10.6. The minimum absolute atomic E-state index is 0.124. The van der Waals surface area contributed by atoms with E-state index in [1.807, 2.05) is 20.0 Å². The number of rotatable bonds is 6. The second kappa shape index (κ2) is 5.46. The number of imidazole rings is 1. The van der Waals surface area contributed by atoms with E-state index in [9.17, 15) is 5.11 Å². The summed E-state index contributed by atoms with van der Waals surface area (Å²) < 4.78 is 0. The fourth-order valence-electron chi connectivity index (χ4n) is 1.90. The molecule has 0 radical (unpaired) electrons. The molecular weight excluding hydrogens is 202 g/mol. The van der Waals surface area contributed by atoms with Gasteiger partial charge in [-0.3, -0.25) is 0 Å². The molecule has 0 amide bonds. The Balaban J connectivity index is 2.36. The predicted molar refractivity (Wildman–Crippen MR) is 64.9 cm³/mol. The summed E-state index contributed by atoms with van der Waals surface area (Å²) in [4.78, 5) is 7.17. The van der Waals surface area contributed by atoms with Crippen molar-refractivity contribution < 1.29 is 5.11 Å². The molecule has 0 saturated heterocycles. The fraction of sp³-hybridized carbons (Fsp3) is 0.750. The third kappa shape index (κ3) is 3.61.